The summed E-state index contributed by atoms with van der Waals surface area (Å²) in [6, 6.07) is 7.45. The predicted octanol–water partition coefficient (Wildman–Crippen LogP) is 3.40. The zero-order valence-electron chi connectivity index (χ0n) is 12.7. The highest BCUT2D eigenvalue weighted by Crippen LogP contribution is 2.22. The lowest BCUT2D eigenvalue weighted by Gasteiger charge is -2.20. The number of benzene rings is 1. The van der Waals surface area contributed by atoms with Gasteiger partial charge in [0.2, 0.25) is 0 Å². The van der Waals surface area contributed by atoms with Gasteiger partial charge in [-0.25, -0.2) is 4.98 Å². The minimum absolute atomic E-state index is 0.0159. The minimum Gasteiger partial charge on any atom is -0.307 e. The van der Waals surface area contributed by atoms with Gasteiger partial charge in [-0.3, -0.25) is 4.79 Å². The highest BCUT2D eigenvalue weighted by molar-refractivity contribution is 9.10. The first-order valence-corrected chi connectivity index (χ1v) is 7.66. The maximum absolute atomic E-state index is 11.9. The van der Waals surface area contributed by atoms with Crippen LogP contribution in [0.5, 0.6) is 0 Å². The molecule has 0 unspecified atom stereocenters. The van der Waals surface area contributed by atoms with Crippen LogP contribution in [0.25, 0.3) is 11.4 Å². The average Bonchev–Trinajstić information content (AvgIpc) is 2.35. The van der Waals surface area contributed by atoms with E-state index in [2.05, 4.69) is 52.0 Å². The van der Waals surface area contributed by atoms with Crippen molar-refractivity contribution in [2.24, 2.45) is 0 Å². The van der Waals surface area contributed by atoms with Gasteiger partial charge in [0.05, 0.1) is 5.69 Å². The maximum atomic E-state index is 11.9. The molecule has 0 saturated carbocycles. The number of nitrogens with one attached hydrogen (secondary N) is 2. The first-order chi connectivity index (χ1) is 9.74. The number of aryl methyl sites for hydroxylation is 1. The van der Waals surface area contributed by atoms with E-state index >= 15 is 0 Å². The zero-order chi connectivity index (χ0) is 15.6. The molecule has 0 atom stereocenters. The van der Waals surface area contributed by atoms with E-state index in [1.54, 1.807) is 0 Å². The van der Waals surface area contributed by atoms with Gasteiger partial charge in [0.15, 0.2) is 0 Å². The van der Waals surface area contributed by atoms with Crippen LogP contribution in [0.15, 0.2) is 33.5 Å². The van der Waals surface area contributed by atoms with Crippen molar-refractivity contribution in [1.82, 2.24) is 15.3 Å². The topological polar surface area (TPSA) is 57.8 Å². The third kappa shape index (κ3) is 4.51. The van der Waals surface area contributed by atoms with Gasteiger partial charge in [-0.05, 0) is 51.5 Å². The molecule has 1 aromatic heterocycles. The molecule has 0 fully saturated rings. The third-order valence-corrected chi connectivity index (χ3v) is 3.53. The van der Waals surface area contributed by atoms with E-state index in [1.807, 2.05) is 25.1 Å². The van der Waals surface area contributed by atoms with Crippen LogP contribution < -0.4 is 10.9 Å². The summed E-state index contributed by atoms with van der Waals surface area (Å²) < 4.78 is 1.01. The minimum atomic E-state index is -0.131. The normalized spacial score (nSPS) is 11.7. The fourth-order valence-electron chi connectivity index (χ4n) is 1.97. The molecular weight excluding hydrogens is 330 g/mol. The van der Waals surface area contributed by atoms with E-state index in [4.69, 9.17) is 0 Å². The van der Waals surface area contributed by atoms with Crippen LogP contribution in [0.4, 0.5) is 0 Å². The van der Waals surface area contributed by atoms with Crippen LogP contribution in [0.1, 0.15) is 32.0 Å². The number of rotatable bonds is 3. The Kier molecular flexibility index (Phi) is 4.64. The molecule has 0 amide bonds. The Hall–Kier alpha value is -1.46. The third-order valence-electron chi connectivity index (χ3n) is 3.04. The van der Waals surface area contributed by atoms with Gasteiger partial charge < -0.3 is 10.3 Å². The Labute approximate surface area is 133 Å². The standard InChI is InChI=1S/C16H20BrN3O/c1-10-7-11(17)5-6-13(10)15-19-12(8-14(21)20-15)9-18-16(2,3)4/h5-8,18H,9H2,1-4H3,(H,19,20,21). The second-order valence-corrected chi connectivity index (χ2v) is 7.06. The van der Waals surface area contributed by atoms with Gasteiger partial charge in [0, 0.05) is 28.2 Å². The summed E-state index contributed by atoms with van der Waals surface area (Å²) >= 11 is 3.44. The van der Waals surface area contributed by atoms with E-state index in [0.717, 1.165) is 21.3 Å². The van der Waals surface area contributed by atoms with Gasteiger partial charge in [-0.2, -0.15) is 0 Å². The lowest BCUT2D eigenvalue weighted by Crippen LogP contribution is -2.35. The number of halogens is 1. The Morgan fingerprint density at radius 2 is 2.00 bits per heavy atom. The van der Waals surface area contributed by atoms with Crippen molar-refractivity contribution < 1.29 is 0 Å². The Bertz CT molecular complexity index is 701. The molecule has 1 aromatic carbocycles. The zero-order valence-corrected chi connectivity index (χ0v) is 14.3. The summed E-state index contributed by atoms with van der Waals surface area (Å²) in [4.78, 5) is 19.2. The number of nitrogens with zero attached hydrogens (tertiary/aromatic N) is 1. The number of aromatic amines is 1. The molecule has 1 heterocycles. The molecule has 4 nitrogen and oxygen atoms in total. The van der Waals surface area contributed by atoms with Gasteiger partial charge in [0.25, 0.3) is 5.56 Å². The monoisotopic (exact) mass is 349 g/mol. The first-order valence-electron chi connectivity index (χ1n) is 6.86. The largest absolute Gasteiger partial charge is 0.307 e. The van der Waals surface area contributed by atoms with E-state index in [-0.39, 0.29) is 11.1 Å². The summed E-state index contributed by atoms with van der Waals surface area (Å²) in [5.74, 6) is 0.609. The van der Waals surface area contributed by atoms with Crippen LogP contribution in [0.2, 0.25) is 0 Å². The summed E-state index contributed by atoms with van der Waals surface area (Å²) in [6.07, 6.45) is 0. The molecule has 0 aliphatic heterocycles. The number of H-pyrrole nitrogens is 1. The number of hydrogen-bond donors (Lipinski definition) is 2. The Morgan fingerprint density at radius 1 is 1.29 bits per heavy atom. The molecule has 0 saturated heterocycles. The van der Waals surface area contributed by atoms with Crippen molar-refractivity contribution in [3.63, 3.8) is 0 Å². The SMILES string of the molecule is Cc1cc(Br)ccc1-c1nc(CNC(C)(C)C)cc(=O)[nH]1. The summed E-state index contributed by atoms with van der Waals surface area (Å²) in [5.41, 5.74) is 2.60. The Morgan fingerprint density at radius 3 is 2.62 bits per heavy atom. The van der Waals surface area contributed by atoms with Crippen molar-refractivity contribution in [1.29, 1.82) is 0 Å². The van der Waals surface area contributed by atoms with Crippen molar-refractivity contribution in [3.8, 4) is 11.4 Å². The molecule has 5 heteroatoms. The Balaban J connectivity index is 2.37. The second kappa shape index (κ2) is 6.12. The predicted molar refractivity (Wildman–Crippen MR) is 89.3 cm³/mol. The quantitative estimate of drug-likeness (QED) is 0.892. The van der Waals surface area contributed by atoms with E-state index < -0.39 is 0 Å². The molecule has 0 bridgehead atoms. The molecule has 0 aliphatic carbocycles. The second-order valence-electron chi connectivity index (χ2n) is 6.15. The van der Waals surface area contributed by atoms with Gasteiger partial charge in [-0.15, -0.1) is 0 Å². The molecule has 0 spiro atoms. The lowest BCUT2D eigenvalue weighted by atomic mass is 10.1. The fraction of sp³-hybridized carbons (Fsp3) is 0.375. The van der Waals surface area contributed by atoms with E-state index in [9.17, 15) is 4.79 Å². The molecule has 2 aromatic rings. The number of aromatic nitrogens is 2. The van der Waals surface area contributed by atoms with Crippen molar-refractivity contribution in [2.45, 2.75) is 39.8 Å². The molecular formula is C16H20BrN3O. The van der Waals surface area contributed by atoms with Crippen molar-refractivity contribution in [2.75, 3.05) is 0 Å². The van der Waals surface area contributed by atoms with Crippen LogP contribution in [0.3, 0.4) is 0 Å². The summed E-state index contributed by atoms with van der Waals surface area (Å²) in [6.45, 7) is 8.82. The first kappa shape index (κ1) is 15.9. The molecule has 0 aliphatic rings. The van der Waals surface area contributed by atoms with Gasteiger partial charge in [-0.1, -0.05) is 15.9 Å². The van der Waals surface area contributed by atoms with Crippen molar-refractivity contribution in [3.05, 3.63) is 50.3 Å². The van der Waals surface area contributed by atoms with Gasteiger partial charge >= 0.3 is 0 Å². The summed E-state index contributed by atoms with van der Waals surface area (Å²) in [5, 5.41) is 3.35. The average molecular weight is 350 g/mol. The van der Waals surface area contributed by atoms with Crippen LogP contribution in [-0.4, -0.2) is 15.5 Å². The molecule has 2 N–H and O–H groups in total. The molecule has 0 radical (unpaired) electrons. The molecule has 21 heavy (non-hydrogen) atoms. The molecule has 112 valence electrons. The lowest BCUT2D eigenvalue weighted by molar-refractivity contribution is 0.421. The highest BCUT2D eigenvalue weighted by atomic mass is 79.9. The van der Waals surface area contributed by atoms with E-state index in [0.29, 0.717) is 12.4 Å². The molecule has 2 rings (SSSR count). The van der Waals surface area contributed by atoms with Gasteiger partial charge in [0.1, 0.15) is 5.82 Å². The highest BCUT2D eigenvalue weighted by Gasteiger charge is 2.11. The fourth-order valence-corrected chi connectivity index (χ4v) is 2.45. The van der Waals surface area contributed by atoms with Crippen LogP contribution >= 0.6 is 15.9 Å². The summed E-state index contributed by atoms with van der Waals surface area (Å²) in [7, 11) is 0. The smallest absolute Gasteiger partial charge is 0.251 e. The number of hydrogen-bond acceptors (Lipinski definition) is 3. The van der Waals surface area contributed by atoms with E-state index in [1.165, 1.54) is 6.07 Å². The van der Waals surface area contributed by atoms with Crippen LogP contribution in [0, 0.1) is 6.92 Å². The maximum Gasteiger partial charge on any atom is 0.251 e. The van der Waals surface area contributed by atoms with Crippen LogP contribution in [-0.2, 0) is 6.54 Å². The van der Waals surface area contributed by atoms with Crippen molar-refractivity contribution >= 4 is 15.9 Å².